The average Bonchev–Trinajstić information content (AvgIpc) is 2.89. The van der Waals surface area contributed by atoms with E-state index < -0.39 is 0 Å². The molecule has 0 bridgehead atoms. The number of aliphatic hydroxyl groups is 1. The third kappa shape index (κ3) is 3.52. The molecule has 0 unspecified atom stereocenters. The number of nitrogens with zero attached hydrogens (tertiary/aromatic N) is 4. The van der Waals surface area contributed by atoms with Crippen molar-refractivity contribution in [2.45, 2.75) is 32.7 Å². The molecule has 1 atom stereocenters. The van der Waals surface area contributed by atoms with Crippen LogP contribution >= 0.6 is 0 Å². The molecule has 1 aliphatic rings. The van der Waals surface area contributed by atoms with Crippen LogP contribution < -0.4 is 0 Å². The van der Waals surface area contributed by atoms with E-state index >= 15 is 0 Å². The number of hydrogen-bond acceptors (Lipinski definition) is 6. The SMILES string of the molecule is CC(C)c1noc([C@H](C)N2CCN(CCO)CC2)n1. The largest absolute Gasteiger partial charge is 0.395 e. The molecular weight excluding hydrogens is 244 g/mol. The summed E-state index contributed by atoms with van der Waals surface area (Å²) in [5, 5.41) is 13.0. The molecule has 6 nitrogen and oxygen atoms in total. The van der Waals surface area contributed by atoms with Crippen LogP contribution in [0.25, 0.3) is 0 Å². The summed E-state index contributed by atoms with van der Waals surface area (Å²) in [4.78, 5) is 9.09. The maximum absolute atomic E-state index is 8.94. The first-order valence-corrected chi connectivity index (χ1v) is 7.02. The summed E-state index contributed by atoms with van der Waals surface area (Å²) < 4.78 is 5.36. The minimum atomic E-state index is 0.163. The molecule has 6 heteroatoms. The molecule has 1 saturated heterocycles. The smallest absolute Gasteiger partial charge is 0.243 e. The summed E-state index contributed by atoms with van der Waals surface area (Å²) in [5.74, 6) is 1.78. The Balaban J connectivity index is 1.91. The molecule has 0 aromatic carbocycles. The molecule has 1 aliphatic heterocycles. The highest BCUT2D eigenvalue weighted by Gasteiger charge is 2.25. The first kappa shape index (κ1) is 14.4. The van der Waals surface area contributed by atoms with Crippen LogP contribution in [0.1, 0.15) is 44.4 Å². The fraction of sp³-hybridized carbons (Fsp3) is 0.846. The van der Waals surface area contributed by atoms with Gasteiger partial charge in [0.25, 0.3) is 0 Å². The molecule has 2 rings (SSSR count). The molecule has 19 heavy (non-hydrogen) atoms. The highest BCUT2D eigenvalue weighted by Crippen LogP contribution is 2.21. The van der Waals surface area contributed by atoms with Gasteiger partial charge in [-0.15, -0.1) is 0 Å². The number of rotatable bonds is 5. The van der Waals surface area contributed by atoms with Gasteiger partial charge in [-0.3, -0.25) is 9.80 Å². The van der Waals surface area contributed by atoms with Crippen molar-refractivity contribution in [3.63, 3.8) is 0 Å². The van der Waals surface area contributed by atoms with Gasteiger partial charge in [0.15, 0.2) is 5.82 Å². The molecule has 1 N–H and O–H groups in total. The van der Waals surface area contributed by atoms with E-state index in [9.17, 15) is 0 Å². The molecule has 0 spiro atoms. The topological polar surface area (TPSA) is 65.6 Å². The van der Waals surface area contributed by atoms with Crippen LogP contribution in [0.15, 0.2) is 4.52 Å². The van der Waals surface area contributed by atoms with Gasteiger partial charge in [-0.05, 0) is 6.92 Å². The van der Waals surface area contributed by atoms with Crippen molar-refractivity contribution >= 4 is 0 Å². The van der Waals surface area contributed by atoms with Gasteiger partial charge in [-0.25, -0.2) is 0 Å². The van der Waals surface area contributed by atoms with Crippen molar-refractivity contribution in [1.82, 2.24) is 19.9 Å². The summed E-state index contributed by atoms with van der Waals surface area (Å²) in [6.07, 6.45) is 0. The Hall–Kier alpha value is -0.980. The predicted octanol–water partition coefficient (Wildman–Crippen LogP) is 0.864. The van der Waals surface area contributed by atoms with E-state index in [0.717, 1.165) is 38.5 Å². The zero-order valence-electron chi connectivity index (χ0n) is 12.0. The zero-order chi connectivity index (χ0) is 13.8. The second kappa shape index (κ2) is 6.45. The highest BCUT2D eigenvalue weighted by atomic mass is 16.5. The Kier molecular flexibility index (Phi) is 4.90. The summed E-state index contributed by atoms with van der Waals surface area (Å²) in [6.45, 7) is 11.1. The van der Waals surface area contributed by atoms with Crippen LogP contribution in [-0.2, 0) is 0 Å². The lowest BCUT2D eigenvalue weighted by molar-refractivity contribution is 0.0776. The first-order chi connectivity index (χ1) is 9.11. The molecule has 2 heterocycles. The maximum Gasteiger partial charge on any atom is 0.243 e. The van der Waals surface area contributed by atoms with Crippen molar-refractivity contribution in [1.29, 1.82) is 0 Å². The quantitative estimate of drug-likeness (QED) is 0.854. The second-order valence-corrected chi connectivity index (χ2v) is 5.42. The van der Waals surface area contributed by atoms with Crippen molar-refractivity contribution < 1.29 is 9.63 Å². The van der Waals surface area contributed by atoms with Crippen LogP contribution in [0.2, 0.25) is 0 Å². The van der Waals surface area contributed by atoms with Gasteiger partial charge in [-0.1, -0.05) is 19.0 Å². The number of aromatic nitrogens is 2. The van der Waals surface area contributed by atoms with Gasteiger partial charge in [0.05, 0.1) is 12.6 Å². The summed E-state index contributed by atoms with van der Waals surface area (Å²) in [5.41, 5.74) is 0. The van der Waals surface area contributed by atoms with E-state index in [1.54, 1.807) is 0 Å². The first-order valence-electron chi connectivity index (χ1n) is 7.02. The minimum Gasteiger partial charge on any atom is -0.395 e. The average molecular weight is 268 g/mol. The van der Waals surface area contributed by atoms with Gasteiger partial charge >= 0.3 is 0 Å². The van der Waals surface area contributed by atoms with Crippen LogP contribution in [0.4, 0.5) is 0 Å². The van der Waals surface area contributed by atoms with Gasteiger partial charge in [-0.2, -0.15) is 4.98 Å². The zero-order valence-corrected chi connectivity index (χ0v) is 12.0. The molecule has 0 saturated carbocycles. The highest BCUT2D eigenvalue weighted by molar-refractivity contribution is 4.96. The third-order valence-electron chi connectivity index (χ3n) is 3.70. The van der Waals surface area contributed by atoms with E-state index in [2.05, 4.69) is 40.7 Å². The Morgan fingerprint density at radius 1 is 1.21 bits per heavy atom. The fourth-order valence-corrected chi connectivity index (χ4v) is 2.32. The van der Waals surface area contributed by atoms with Crippen LogP contribution in [0.5, 0.6) is 0 Å². The molecule has 108 valence electrons. The number of aliphatic hydroxyl groups excluding tert-OH is 1. The van der Waals surface area contributed by atoms with Crippen molar-refractivity contribution in [3.8, 4) is 0 Å². The predicted molar refractivity (Wildman–Crippen MR) is 71.9 cm³/mol. The summed E-state index contributed by atoms with van der Waals surface area (Å²) in [6, 6.07) is 0.163. The second-order valence-electron chi connectivity index (χ2n) is 5.42. The Bertz CT molecular complexity index is 386. The number of β-amino-alcohol motifs (C(OH)–C–C–N with tert-alkyl or cyclic N) is 1. The number of hydrogen-bond donors (Lipinski definition) is 1. The minimum absolute atomic E-state index is 0.163. The molecule has 1 aromatic heterocycles. The van der Waals surface area contributed by atoms with E-state index in [1.165, 1.54) is 0 Å². The monoisotopic (exact) mass is 268 g/mol. The van der Waals surface area contributed by atoms with Gasteiger partial charge in [0.2, 0.25) is 5.89 Å². The van der Waals surface area contributed by atoms with E-state index in [1.807, 2.05) is 0 Å². The van der Waals surface area contributed by atoms with Crippen LogP contribution in [0.3, 0.4) is 0 Å². The lowest BCUT2D eigenvalue weighted by atomic mass is 10.2. The normalized spacial score (nSPS) is 20.1. The standard InChI is InChI=1S/C13H24N4O2/c1-10(2)12-14-13(19-15-12)11(3)17-6-4-16(5-7-17)8-9-18/h10-11,18H,4-9H2,1-3H3/t11-/m0/s1. The lowest BCUT2D eigenvalue weighted by Gasteiger charge is -2.36. The van der Waals surface area contributed by atoms with Crippen molar-refractivity contribution in [2.75, 3.05) is 39.3 Å². The molecule has 0 radical (unpaired) electrons. The lowest BCUT2D eigenvalue weighted by Crippen LogP contribution is -2.47. The van der Waals surface area contributed by atoms with Crippen LogP contribution in [0, 0.1) is 0 Å². The summed E-state index contributed by atoms with van der Waals surface area (Å²) >= 11 is 0. The van der Waals surface area contributed by atoms with Crippen LogP contribution in [-0.4, -0.2) is 64.4 Å². The molecule has 1 fully saturated rings. The fourth-order valence-electron chi connectivity index (χ4n) is 2.32. The Morgan fingerprint density at radius 2 is 1.89 bits per heavy atom. The van der Waals surface area contributed by atoms with Gasteiger partial charge < -0.3 is 9.63 Å². The molecule has 0 amide bonds. The Morgan fingerprint density at radius 3 is 2.42 bits per heavy atom. The number of piperazine rings is 1. The van der Waals surface area contributed by atoms with E-state index in [0.29, 0.717) is 11.8 Å². The van der Waals surface area contributed by atoms with Gasteiger partial charge in [0.1, 0.15) is 0 Å². The molecule has 0 aliphatic carbocycles. The molecular formula is C13H24N4O2. The van der Waals surface area contributed by atoms with Gasteiger partial charge in [0, 0.05) is 38.6 Å². The maximum atomic E-state index is 8.94. The van der Waals surface area contributed by atoms with Crippen molar-refractivity contribution in [2.24, 2.45) is 0 Å². The van der Waals surface area contributed by atoms with E-state index in [-0.39, 0.29) is 12.6 Å². The van der Waals surface area contributed by atoms with E-state index in [4.69, 9.17) is 9.63 Å². The Labute approximate surface area is 114 Å². The third-order valence-corrected chi connectivity index (χ3v) is 3.70. The summed E-state index contributed by atoms with van der Waals surface area (Å²) in [7, 11) is 0. The molecule has 1 aromatic rings. The van der Waals surface area contributed by atoms with Crippen molar-refractivity contribution in [3.05, 3.63) is 11.7 Å².